The summed E-state index contributed by atoms with van der Waals surface area (Å²) in [7, 11) is 2.13. The van der Waals surface area contributed by atoms with Crippen molar-refractivity contribution in [1.82, 2.24) is 9.88 Å². The second-order valence-corrected chi connectivity index (χ2v) is 6.31. The van der Waals surface area contributed by atoms with Crippen molar-refractivity contribution in [2.24, 2.45) is 5.73 Å². The van der Waals surface area contributed by atoms with E-state index in [0.717, 1.165) is 38.3 Å². The number of nitrogens with two attached hydrogens (primary N) is 1. The topological polar surface area (TPSA) is 74.5 Å². The quantitative estimate of drug-likeness (QED) is 0.852. The summed E-state index contributed by atoms with van der Waals surface area (Å²) in [5.74, 6) is 0.366. The number of pyridine rings is 1. The number of anilines is 2. The first-order chi connectivity index (χ1) is 10.4. The van der Waals surface area contributed by atoms with Gasteiger partial charge in [-0.15, -0.1) is 12.4 Å². The van der Waals surface area contributed by atoms with Crippen molar-refractivity contribution in [3.05, 3.63) is 18.3 Å². The zero-order chi connectivity index (χ0) is 16.2. The minimum absolute atomic E-state index is 0. The zero-order valence-electron chi connectivity index (χ0n) is 14.2. The molecule has 1 unspecified atom stereocenters. The van der Waals surface area contributed by atoms with E-state index in [1.54, 1.807) is 6.92 Å². The molecular weight excluding hydrogens is 314 g/mol. The first-order valence-corrected chi connectivity index (χ1v) is 7.92. The van der Waals surface area contributed by atoms with Gasteiger partial charge in [0.05, 0.1) is 17.4 Å². The molecule has 0 bridgehead atoms. The molecule has 1 atom stereocenters. The molecule has 1 aliphatic heterocycles. The minimum atomic E-state index is -0.855. The first kappa shape index (κ1) is 19.7. The maximum absolute atomic E-state index is 12.2. The number of amides is 1. The summed E-state index contributed by atoms with van der Waals surface area (Å²) >= 11 is 0. The molecule has 1 aromatic rings. The molecule has 0 aliphatic carbocycles. The molecule has 2 rings (SSSR count). The van der Waals surface area contributed by atoms with Crippen LogP contribution in [0.4, 0.5) is 11.5 Å². The first-order valence-electron chi connectivity index (χ1n) is 7.92. The van der Waals surface area contributed by atoms with Crippen LogP contribution in [0.5, 0.6) is 0 Å². The number of hydrogen-bond donors (Lipinski definition) is 2. The molecule has 0 saturated carbocycles. The predicted molar refractivity (Wildman–Crippen MR) is 97.3 cm³/mol. The average Bonchev–Trinajstić information content (AvgIpc) is 2.49. The molecule has 23 heavy (non-hydrogen) atoms. The van der Waals surface area contributed by atoms with Crippen molar-refractivity contribution in [1.29, 1.82) is 0 Å². The molecule has 0 aromatic carbocycles. The normalized spacial score (nSPS) is 18.0. The number of halogens is 1. The summed E-state index contributed by atoms with van der Waals surface area (Å²) in [6.45, 7) is 7.89. The summed E-state index contributed by atoms with van der Waals surface area (Å²) in [6.07, 6.45) is 3.34. The van der Waals surface area contributed by atoms with Gasteiger partial charge >= 0.3 is 0 Å². The smallest absolute Gasteiger partial charge is 0.245 e. The van der Waals surface area contributed by atoms with Crippen molar-refractivity contribution in [3.63, 3.8) is 0 Å². The second-order valence-electron chi connectivity index (χ2n) is 6.31. The number of nitrogens with zero attached hydrogens (tertiary/aromatic N) is 3. The molecule has 1 aliphatic rings. The summed E-state index contributed by atoms with van der Waals surface area (Å²) in [4.78, 5) is 21.1. The van der Waals surface area contributed by atoms with Gasteiger partial charge in [-0.2, -0.15) is 0 Å². The highest BCUT2D eigenvalue weighted by atomic mass is 35.5. The average molecular weight is 342 g/mol. The standard InChI is InChI=1S/C16H27N5O.ClH/c1-4-7-16(2,17)15(22)19-14-6-5-13(12-18-14)21-10-8-20(3)9-11-21;/h5-6,12H,4,7-11,17H2,1-3H3,(H,18,19,22);1H. The zero-order valence-corrected chi connectivity index (χ0v) is 15.0. The molecule has 130 valence electrons. The van der Waals surface area contributed by atoms with Gasteiger partial charge < -0.3 is 20.9 Å². The van der Waals surface area contributed by atoms with Gasteiger partial charge in [0.15, 0.2) is 0 Å². The largest absolute Gasteiger partial charge is 0.368 e. The number of nitrogens with one attached hydrogen (secondary N) is 1. The lowest BCUT2D eigenvalue weighted by atomic mass is 9.96. The van der Waals surface area contributed by atoms with Gasteiger partial charge in [0.2, 0.25) is 5.91 Å². The summed E-state index contributed by atoms with van der Waals surface area (Å²) in [5, 5.41) is 2.80. The van der Waals surface area contributed by atoms with Gasteiger partial charge in [0.25, 0.3) is 0 Å². The van der Waals surface area contributed by atoms with Gasteiger partial charge in [0.1, 0.15) is 5.82 Å². The Morgan fingerprint density at radius 2 is 2.00 bits per heavy atom. The highest BCUT2D eigenvalue weighted by Crippen LogP contribution is 2.18. The van der Waals surface area contributed by atoms with Crippen LogP contribution in [0.15, 0.2) is 18.3 Å². The van der Waals surface area contributed by atoms with Crippen LogP contribution in [0.25, 0.3) is 0 Å². The molecule has 3 N–H and O–H groups in total. The fourth-order valence-corrected chi connectivity index (χ4v) is 2.60. The SMILES string of the molecule is CCCC(C)(N)C(=O)Nc1ccc(N2CCN(C)CC2)cn1.Cl. The van der Waals surface area contributed by atoms with Crippen LogP contribution in [0, 0.1) is 0 Å². The van der Waals surface area contributed by atoms with Crippen molar-refractivity contribution in [2.75, 3.05) is 43.4 Å². The van der Waals surface area contributed by atoms with E-state index in [2.05, 4.69) is 27.1 Å². The third kappa shape index (κ3) is 5.34. The van der Waals surface area contributed by atoms with E-state index >= 15 is 0 Å². The number of carbonyl (C=O) groups excluding carboxylic acids is 1. The highest BCUT2D eigenvalue weighted by Gasteiger charge is 2.27. The maximum atomic E-state index is 12.2. The summed E-state index contributed by atoms with van der Waals surface area (Å²) in [5.41, 5.74) is 6.26. The lowest BCUT2D eigenvalue weighted by molar-refractivity contribution is -0.120. The fraction of sp³-hybridized carbons (Fsp3) is 0.625. The molecule has 0 spiro atoms. The summed E-state index contributed by atoms with van der Waals surface area (Å²) < 4.78 is 0. The molecule has 1 saturated heterocycles. The van der Waals surface area contributed by atoms with E-state index in [1.807, 2.05) is 25.3 Å². The number of rotatable bonds is 5. The molecule has 6 nitrogen and oxygen atoms in total. The number of hydrogen-bond acceptors (Lipinski definition) is 5. The number of likely N-dealkylation sites (N-methyl/N-ethyl adjacent to an activating group) is 1. The van der Waals surface area contributed by atoms with Crippen LogP contribution < -0.4 is 16.0 Å². The number of piperazine rings is 1. The molecule has 0 radical (unpaired) electrons. The third-order valence-corrected chi connectivity index (χ3v) is 4.15. The molecule has 2 heterocycles. The van der Waals surface area contributed by atoms with E-state index in [9.17, 15) is 4.79 Å². The lowest BCUT2D eigenvalue weighted by Gasteiger charge is -2.33. The van der Waals surface area contributed by atoms with E-state index in [-0.39, 0.29) is 18.3 Å². The lowest BCUT2D eigenvalue weighted by Crippen LogP contribution is -2.48. The van der Waals surface area contributed by atoms with Crippen LogP contribution >= 0.6 is 12.4 Å². The second kappa shape index (κ2) is 8.47. The van der Waals surface area contributed by atoms with E-state index < -0.39 is 5.54 Å². The predicted octanol–water partition coefficient (Wildman–Crippen LogP) is 1.71. The molecule has 1 amide bonds. The molecule has 1 fully saturated rings. The van der Waals surface area contributed by atoms with Gasteiger partial charge in [0, 0.05) is 26.2 Å². The maximum Gasteiger partial charge on any atom is 0.245 e. The number of carbonyl (C=O) groups is 1. The Kier molecular flexibility index (Phi) is 7.25. The van der Waals surface area contributed by atoms with Crippen LogP contribution in [0.1, 0.15) is 26.7 Å². The highest BCUT2D eigenvalue weighted by molar-refractivity contribution is 5.96. The summed E-state index contributed by atoms with van der Waals surface area (Å²) in [6, 6.07) is 3.84. The van der Waals surface area contributed by atoms with Gasteiger partial charge in [-0.3, -0.25) is 4.79 Å². The van der Waals surface area contributed by atoms with Crippen molar-refractivity contribution in [2.45, 2.75) is 32.2 Å². The van der Waals surface area contributed by atoms with Crippen LogP contribution in [-0.2, 0) is 4.79 Å². The Morgan fingerprint density at radius 3 is 2.52 bits per heavy atom. The number of aromatic nitrogens is 1. The van der Waals surface area contributed by atoms with Crippen LogP contribution in [-0.4, -0.2) is 54.6 Å². The van der Waals surface area contributed by atoms with E-state index in [0.29, 0.717) is 12.2 Å². The molecule has 1 aromatic heterocycles. The van der Waals surface area contributed by atoms with Gasteiger partial charge in [-0.05, 0) is 32.5 Å². The Morgan fingerprint density at radius 1 is 1.35 bits per heavy atom. The molecular formula is C16H28ClN5O. The van der Waals surface area contributed by atoms with Crippen molar-refractivity contribution in [3.8, 4) is 0 Å². The minimum Gasteiger partial charge on any atom is -0.368 e. The Bertz CT molecular complexity index is 498. The van der Waals surface area contributed by atoms with Crippen LogP contribution in [0.3, 0.4) is 0 Å². The molecule has 7 heteroatoms. The van der Waals surface area contributed by atoms with Crippen LogP contribution in [0.2, 0.25) is 0 Å². The van der Waals surface area contributed by atoms with E-state index in [1.165, 1.54) is 0 Å². The van der Waals surface area contributed by atoms with Crippen molar-refractivity contribution < 1.29 is 4.79 Å². The Labute approximate surface area is 144 Å². The monoisotopic (exact) mass is 341 g/mol. The third-order valence-electron chi connectivity index (χ3n) is 4.15. The van der Waals surface area contributed by atoms with Gasteiger partial charge in [-0.1, -0.05) is 13.3 Å². The van der Waals surface area contributed by atoms with Gasteiger partial charge in [-0.25, -0.2) is 4.98 Å². The Hall–Kier alpha value is -1.37. The van der Waals surface area contributed by atoms with E-state index in [4.69, 9.17) is 5.73 Å². The fourth-order valence-electron chi connectivity index (χ4n) is 2.60. The Balaban J connectivity index is 0.00000264. The van der Waals surface area contributed by atoms with Crippen molar-refractivity contribution >= 4 is 29.8 Å².